The van der Waals surface area contributed by atoms with Crippen molar-refractivity contribution in [1.82, 2.24) is 4.98 Å². The van der Waals surface area contributed by atoms with Gasteiger partial charge in [0.1, 0.15) is 5.82 Å². The van der Waals surface area contributed by atoms with Crippen molar-refractivity contribution in [2.24, 2.45) is 0 Å². The van der Waals surface area contributed by atoms with Gasteiger partial charge in [-0.15, -0.1) is 0 Å². The smallest absolute Gasteiger partial charge is 0.126 e. The Hall–Kier alpha value is -1.25. The Balaban J connectivity index is 2.19. The monoisotopic (exact) mass is 280 g/mol. The van der Waals surface area contributed by atoms with E-state index in [2.05, 4.69) is 10.3 Å². The first-order valence-electron chi connectivity index (χ1n) is 5.70. The van der Waals surface area contributed by atoms with Gasteiger partial charge in [0.2, 0.25) is 0 Å². The van der Waals surface area contributed by atoms with E-state index in [1.54, 1.807) is 12.3 Å². The fourth-order valence-electron chi connectivity index (χ4n) is 1.77. The summed E-state index contributed by atoms with van der Waals surface area (Å²) in [5.74, 6) is 0.841. The largest absolute Gasteiger partial charge is 0.363 e. The van der Waals surface area contributed by atoms with Gasteiger partial charge in [-0.2, -0.15) is 0 Å². The Bertz CT molecular complexity index is 555. The van der Waals surface area contributed by atoms with E-state index in [-0.39, 0.29) is 6.04 Å². The number of hydrogen-bond donors (Lipinski definition) is 1. The third-order valence-electron chi connectivity index (χ3n) is 2.71. The lowest BCUT2D eigenvalue weighted by atomic mass is 10.1. The average molecular weight is 281 g/mol. The second kappa shape index (κ2) is 5.59. The van der Waals surface area contributed by atoms with Gasteiger partial charge in [-0.05, 0) is 49.2 Å². The second-order valence-electron chi connectivity index (χ2n) is 4.25. The number of halogens is 2. The van der Waals surface area contributed by atoms with Crippen molar-refractivity contribution in [1.29, 1.82) is 0 Å². The first-order chi connectivity index (χ1) is 8.56. The molecule has 1 N–H and O–H groups in total. The molecular formula is C14H14Cl2N2. The van der Waals surface area contributed by atoms with Crippen LogP contribution in [0, 0.1) is 6.92 Å². The molecule has 1 aromatic carbocycles. The molecule has 1 heterocycles. The quantitative estimate of drug-likeness (QED) is 0.868. The van der Waals surface area contributed by atoms with Gasteiger partial charge < -0.3 is 5.32 Å². The van der Waals surface area contributed by atoms with E-state index in [1.165, 1.54) is 5.56 Å². The molecule has 0 saturated heterocycles. The van der Waals surface area contributed by atoms with E-state index >= 15 is 0 Å². The zero-order valence-electron chi connectivity index (χ0n) is 10.2. The van der Waals surface area contributed by atoms with Gasteiger partial charge in [-0.3, -0.25) is 0 Å². The predicted octanol–water partition coefficient (Wildman–Crippen LogP) is 4.87. The molecule has 0 spiro atoms. The van der Waals surface area contributed by atoms with Gasteiger partial charge in [0.25, 0.3) is 0 Å². The van der Waals surface area contributed by atoms with Crippen LogP contribution in [0.4, 0.5) is 5.82 Å². The molecule has 2 aromatic rings. The van der Waals surface area contributed by atoms with Crippen LogP contribution in [-0.2, 0) is 0 Å². The number of aryl methyl sites for hydroxylation is 1. The summed E-state index contributed by atoms with van der Waals surface area (Å²) >= 11 is 12.1. The minimum absolute atomic E-state index is 0.0732. The highest BCUT2D eigenvalue weighted by Gasteiger charge is 2.10. The molecule has 0 aliphatic rings. The molecule has 0 aliphatic heterocycles. The highest BCUT2D eigenvalue weighted by atomic mass is 35.5. The van der Waals surface area contributed by atoms with Crippen LogP contribution < -0.4 is 5.32 Å². The normalized spacial score (nSPS) is 12.2. The standard InChI is InChI=1S/C14H14Cl2N2/c1-9-5-6-17-14(7-9)18-10(2)12-4-3-11(15)8-13(12)16/h3-8,10H,1-2H3,(H,17,18). The third kappa shape index (κ3) is 3.15. The number of nitrogens with one attached hydrogen (secondary N) is 1. The average Bonchev–Trinajstić information content (AvgIpc) is 2.28. The Morgan fingerprint density at radius 3 is 2.61 bits per heavy atom. The van der Waals surface area contributed by atoms with Gasteiger partial charge >= 0.3 is 0 Å². The number of pyridine rings is 1. The maximum absolute atomic E-state index is 6.18. The number of rotatable bonds is 3. The van der Waals surface area contributed by atoms with E-state index < -0.39 is 0 Å². The molecule has 0 bridgehead atoms. The molecule has 0 amide bonds. The van der Waals surface area contributed by atoms with E-state index in [0.29, 0.717) is 10.0 Å². The predicted molar refractivity (Wildman–Crippen MR) is 77.5 cm³/mol. The van der Waals surface area contributed by atoms with Gasteiger partial charge in [0.05, 0.1) is 6.04 Å². The van der Waals surface area contributed by atoms with Crippen molar-refractivity contribution in [3.63, 3.8) is 0 Å². The van der Waals surface area contributed by atoms with Crippen LogP contribution in [0.3, 0.4) is 0 Å². The maximum atomic E-state index is 6.18. The fourth-order valence-corrected chi connectivity index (χ4v) is 2.34. The van der Waals surface area contributed by atoms with Crippen LogP contribution in [0.25, 0.3) is 0 Å². The summed E-state index contributed by atoms with van der Waals surface area (Å²) in [6.45, 7) is 4.08. The van der Waals surface area contributed by atoms with Crippen molar-refractivity contribution < 1.29 is 0 Å². The highest BCUT2D eigenvalue weighted by molar-refractivity contribution is 6.35. The van der Waals surface area contributed by atoms with E-state index in [9.17, 15) is 0 Å². The van der Waals surface area contributed by atoms with Crippen LogP contribution in [0.5, 0.6) is 0 Å². The van der Waals surface area contributed by atoms with E-state index in [1.807, 2.05) is 38.1 Å². The summed E-state index contributed by atoms with van der Waals surface area (Å²) in [4.78, 5) is 4.27. The molecule has 1 aromatic heterocycles. The molecule has 2 rings (SSSR count). The summed E-state index contributed by atoms with van der Waals surface area (Å²) in [7, 11) is 0. The Morgan fingerprint density at radius 1 is 1.17 bits per heavy atom. The Labute approximate surface area is 117 Å². The molecular weight excluding hydrogens is 267 g/mol. The summed E-state index contributed by atoms with van der Waals surface area (Å²) < 4.78 is 0. The highest BCUT2D eigenvalue weighted by Crippen LogP contribution is 2.28. The van der Waals surface area contributed by atoms with Crippen LogP contribution in [0.2, 0.25) is 10.0 Å². The first kappa shape index (κ1) is 13.2. The van der Waals surface area contributed by atoms with Crippen LogP contribution in [0.15, 0.2) is 36.5 Å². The SMILES string of the molecule is Cc1ccnc(NC(C)c2ccc(Cl)cc2Cl)c1. The molecule has 0 aliphatic carbocycles. The van der Waals surface area contributed by atoms with Crippen molar-refractivity contribution in [3.05, 3.63) is 57.7 Å². The number of benzene rings is 1. The van der Waals surface area contributed by atoms with Crippen LogP contribution >= 0.6 is 23.2 Å². The summed E-state index contributed by atoms with van der Waals surface area (Å²) in [5.41, 5.74) is 2.17. The van der Waals surface area contributed by atoms with Gasteiger partial charge in [0.15, 0.2) is 0 Å². The topological polar surface area (TPSA) is 24.9 Å². The molecule has 0 radical (unpaired) electrons. The van der Waals surface area contributed by atoms with Crippen LogP contribution in [0.1, 0.15) is 24.1 Å². The molecule has 1 unspecified atom stereocenters. The fraction of sp³-hybridized carbons (Fsp3) is 0.214. The van der Waals surface area contributed by atoms with Gasteiger partial charge in [-0.25, -0.2) is 4.98 Å². The molecule has 18 heavy (non-hydrogen) atoms. The second-order valence-corrected chi connectivity index (χ2v) is 5.09. The molecule has 94 valence electrons. The lowest BCUT2D eigenvalue weighted by Crippen LogP contribution is -2.08. The Kier molecular flexibility index (Phi) is 4.10. The lowest BCUT2D eigenvalue weighted by Gasteiger charge is -2.16. The first-order valence-corrected chi connectivity index (χ1v) is 6.46. The van der Waals surface area contributed by atoms with E-state index in [0.717, 1.165) is 11.4 Å². The van der Waals surface area contributed by atoms with Crippen molar-refractivity contribution in [2.45, 2.75) is 19.9 Å². The van der Waals surface area contributed by atoms with Crippen molar-refractivity contribution >= 4 is 29.0 Å². The molecule has 0 fully saturated rings. The maximum Gasteiger partial charge on any atom is 0.126 e. The van der Waals surface area contributed by atoms with E-state index in [4.69, 9.17) is 23.2 Å². The van der Waals surface area contributed by atoms with Gasteiger partial charge in [-0.1, -0.05) is 29.3 Å². The molecule has 1 atom stereocenters. The van der Waals surface area contributed by atoms with Crippen LogP contribution in [-0.4, -0.2) is 4.98 Å². The number of anilines is 1. The summed E-state index contributed by atoms with van der Waals surface area (Å²) in [6, 6.07) is 9.55. The summed E-state index contributed by atoms with van der Waals surface area (Å²) in [5, 5.41) is 4.63. The zero-order chi connectivity index (χ0) is 13.1. The zero-order valence-corrected chi connectivity index (χ0v) is 11.8. The minimum Gasteiger partial charge on any atom is -0.363 e. The molecule has 2 nitrogen and oxygen atoms in total. The number of aromatic nitrogens is 1. The van der Waals surface area contributed by atoms with Crippen molar-refractivity contribution in [3.8, 4) is 0 Å². The minimum atomic E-state index is 0.0732. The summed E-state index contributed by atoms with van der Waals surface area (Å²) in [6.07, 6.45) is 1.79. The van der Waals surface area contributed by atoms with Gasteiger partial charge in [0, 0.05) is 16.2 Å². The lowest BCUT2D eigenvalue weighted by molar-refractivity contribution is 0.874. The molecule has 4 heteroatoms. The van der Waals surface area contributed by atoms with Crippen molar-refractivity contribution in [2.75, 3.05) is 5.32 Å². The number of hydrogen-bond acceptors (Lipinski definition) is 2. The number of nitrogens with zero attached hydrogens (tertiary/aromatic N) is 1. The Morgan fingerprint density at radius 2 is 1.94 bits per heavy atom. The third-order valence-corrected chi connectivity index (χ3v) is 3.27. The molecule has 0 saturated carbocycles.